The van der Waals surface area contributed by atoms with E-state index in [0.717, 1.165) is 17.5 Å². The minimum Gasteiger partial charge on any atom is -0.445 e. The number of hydrogen-bond donors (Lipinski definition) is 0. The number of carbonyl (C=O) groups is 3. The van der Waals surface area contributed by atoms with Crippen LogP contribution in [0.5, 0.6) is 0 Å². The highest BCUT2D eigenvalue weighted by atomic mass is 32.1. The minimum absolute atomic E-state index is 0.00924. The van der Waals surface area contributed by atoms with Gasteiger partial charge in [0.1, 0.15) is 12.6 Å². The first-order valence-corrected chi connectivity index (χ1v) is 11.7. The Morgan fingerprint density at radius 2 is 1.85 bits per heavy atom. The lowest BCUT2D eigenvalue weighted by molar-refractivity contribution is -0.122. The van der Waals surface area contributed by atoms with Crippen molar-refractivity contribution >= 4 is 34.3 Å². The molecule has 1 saturated heterocycles. The number of likely N-dealkylation sites (tertiary alicyclic amines) is 1. The van der Waals surface area contributed by atoms with Gasteiger partial charge in [-0.1, -0.05) is 54.6 Å². The number of anilines is 1. The van der Waals surface area contributed by atoms with Crippen molar-refractivity contribution in [3.8, 4) is 0 Å². The van der Waals surface area contributed by atoms with E-state index in [1.54, 1.807) is 23.2 Å². The number of ether oxygens (including phenoxy) is 1. The van der Waals surface area contributed by atoms with Crippen molar-refractivity contribution in [3.63, 3.8) is 0 Å². The molecule has 0 bridgehead atoms. The van der Waals surface area contributed by atoms with E-state index in [2.05, 4.69) is 4.98 Å². The molecular weight excluding hydrogens is 438 g/mol. The van der Waals surface area contributed by atoms with Crippen LogP contribution in [0.2, 0.25) is 0 Å². The van der Waals surface area contributed by atoms with Gasteiger partial charge >= 0.3 is 6.09 Å². The average molecular weight is 464 g/mol. The number of thiazole rings is 1. The summed E-state index contributed by atoms with van der Waals surface area (Å²) in [5.41, 5.74) is 2.39. The van der Waals surface area contributed by atoms with Gasteiger partial charge in [0.15, 0.2) is 10.9 Å². The van der Waals surface area contributed by atoms with Gasteiger partial charge in [-0.05, 0) is 30.9 Å². The average Bonchev–Trinajstić information content (AvgIpc) is 3.54. The van der Waals surface area contributed by atoms with E-state index in [1.807, 2.05) is 47.8 Å². The molecule has 0 spiro atoms. The first-order chi connectivity index (χ1) is 16.0. The SMILES string of the molecule is CC(=O)c1ccc(CN(C(=O)C2CCCN2C(=O)OCc2ccccc2)c2nccs2)cc1. The molecule has 1 fully saturated rings. The zero-order valence-electron chi connectivity index (χ0n) is 18.3. The number of hydrogen-bond acceptors (Lipinski definition) is 6. The molecule has 1 aromatic heterocycles. The van der Waals surface area contributed by atoms with Gasteiger partial charge in [0.25, 0.3) is 5.91 Å². The van der Waals surface area contributed by atoms with E-state index in [4.69, 9.17) is 4.74 Å². The summed E-state index contributed by atoms with van der Waals surface area (Å²) in [4.78, 5) is 45.4. The lowest BCUT2D eigenvalue weighted by Crippen LogP contribution is -2.48. The molecule has 0 aliphatic carbocycles. The molecule has 8 heteroatoms. The van der Waals surface area contributed by atoms with Crippen molar-refractivity contribution in [3.05, 3.63) is 82.9 Å². The van der Waals surface area contributed by atoms with Gasteiger partial charge in [-0.15, -0.1) is 11.3 Å². The second-order valence-electron chi connectivity index (χ2n) is 7.88. The first kappa shape index (κ1) is 22.7. The highest BCUT2D eigenvalue weighted by Crippen LogP contribution is 2.27. The van der Waals surface area contributed by atoms with Gasteiger partial charge in [0.2, 0.25) is 0 Å². The Hall–Kier alpha value is -3.52. The fourth-order valence-corrected chi connectivity index (χ4v) is 4.49. The van der Waals surface area contributed by atoms with E-state index in [9.17, 15) is 14.4 Å². The molecule has 170 valence electrons. The molecule has 2 heterocycles. The Morgan fingerprint density at radius 3 is 2.52 bits per heavy atom. The summed E-state index contributed by atoms with van der Waals surface area (Å²) in [6.45, 7) is 2.46. The summed E-state index contributed by atoms with van der Waals surface area (Å²) in [6.07, 6.45) is 2.47. The second-order valence-corrected chi connectivity index (χ2v) is 8.76. The number of aromatic nitrogens is 1. The number of Topliss-reactive ketones (excluding diaryl/α,β-unsaturated/α-hetero) is 1. The molecule has 2 aromatic carbocycles. The lowest BCUT2D eigenvalue weighted by Gasteiger charge is -2.28. The largest absolute Gasteiger partial charge is 0.445 e. The van der Waals surface area contributed by atoms with Crippen LogP contribution in [0, 0.1) is 0 Å². The van der Waals surface area contributed by atoms with Gasteiger partial charge in [-0.2, -0.15) is 0 Å². The minimum atomic E-state index is -0.603. The second kappa shape index (κ2) is 10.4. The summed E-state index contributed by atoms with van der Waals surface area (Å²) < 4.78 is 5.49. The van der Waals surface area contributed by atoms with E-state index in [0.29, 0.717) is 30.2 Å². The monoisotopic (exact) mass is 463 g/mol. The quantitative estimate of drug-likeness (QED) is 0.475. The highest BCUT2D eigenvalue weighted by Gasteiger charge is 2.38. The molecule has 0 N–H and O–H groups in total. The van der Waals surface area contributed by atoms with Crippen LogP contribution in [0.3, 0.4) is 0 Å². The molecule has 4 rings (SSSR count). The Labute approximate surface area is 196 Å². The van der Waals surface area contributed by atoms with Gasteiger partial charge in [0.05, 0.1) is 6.54 Å². The third-order valence-corrected chi connectivity index (χ3v) is 6.39. The molecule has 1 aliphatic rings. The van der Waals surface area contributed by atoms with Crippen molar-refractivity contribution in [1.82, 2.24) is 9.88 Å². The number of benzene rings is 2. The molecule has 3 aromatic rings. The van der Waals surface area contributed by atoms with Gasteiger partial charge in [-0.3, -0.25) is 19.4 Å². The summed E-state index contributed by atoms with van der Waals surface area (Å²) >= 11 is 1.37. The number of amides is 2. The van der Waals surface area contributed by atoms with Crippen LogP contribution in [0.4, 0.5) is 9.93 Å². The third kappa shape index (κ3) is 5.46. The standard InChI is InChI=1S/C25H25N3O4S/c1-18(29)21-11-9-19(10-12-21)16-28(24-26-13-15-33-24)23(30)22-8-5-14-27(22)25(31)32-17-20-6-3-2-4-7-20/h2-4,6-7,9-13,15,22H,5,8,14,16-17H2,1H3. The van der Waals surface area contributed by atoms with Crippen molar-refractivity contribution in [2.45, 2.75) is 39.0 Å². The topological polar surface area (TPSA) is 79.8 Å². The predicted octanol–water partition coefficient (Wildman–Crippen LogP) is 4.68. The number of ketones is 1. The Kier molecular flexibility index (Phi) is 7.14. The van der Waals surface area contributed by atoms with Crippen LogP contribution in [-0.4, -0.2) is 40.3 Å². The maximum atomic E-state index is 13.6. The Morgan fingerprint density at radius 1 is 1.09 bits per heavy atom. The van der Waals surface area contributed by atoms with E-state index in [-0.39, 0.29) is 18.3 Å². The van der Waals surface area contributed by atoms with Crippen molar-refractivity contribution < 1.29 is 19.1 Å². The molecule has 0 saturated carbocycles. The third-order valence-electron chi connectivity index (χ3n) is 5.59. The van der Waals surface area contributed by atoms with Crippen molar-refractivity contribution in [2.75, 3.05) is 11.4 Å². The Bertz CT molecular complexity index is 1100. The van der Waals surface area contributed by atoms with Crippen LogP contribution < -0.4 is 4.90 Å². The molecule has 1 unspecified atom stereocenters. The fourth-order valence-electron chi connectivity index (χ4n) is 3.84. The summed E-state index contributed by atoms with van der Waals surface area (Å²) in [5.74, 6) is -0.195. The Balaban J connectivity index is 1.49. The zero-order chi connectivity index (χ0) is 23.2. The summed E-state index contributed by atoms with van der Waals surface area (Å²) in [7, 11) is 0. The van der Waals surface area contributed by atoms with Gasteiger partial charge < -0.3 is 4.74 Å². The molecule has 1 aliphatic heterocycles. The molecule has 7 nitrogen and oxygen atoms in total. The maximum Gasteiger partial charge on any atom is 0.410 e. The maximum absolute atomic E-state index is 13.6. The summed E-state index contributed by atoms with van der Waals surface area (Å²) in [6, 6.07) is 16.0. The normalized spacial score (nSPS) is 15.3. The lowest BCUT2D eigenvalue weighted by atomic mass is 10.1. The van der Waals surface area contributed by atoms with Gasteiger partial charge in [-0.25, -0.2) is 9.78 Å². The highest BCUT2D eigenvalue weighted by molar-refractivity contribution is 7.13. The predicted molar refractivity (Wildman–Crippen MR) is 126 cm³/mol. The smallest absolute Gasteiger partial charge is 0.410 e. The van der Waals surface area contributed by atoms with E-state index >= 15 is 0 Å². The van der Waals surface area contributed by atoms with Crippen LogP contribution in [0.25, 0.3) is 0 Å². The molecule has 0 radical (unpaired) electrons. The van der Waals surface area contributed by atoms with E-state index in [1.165, 1.54) is 23.2 Å². The van der Waals surface area contributed by atoms with Crippen LogP contribution in [0.15, 0.2) is 66.2 Å². The van der Waals surface area contributed by atoms with Crippen molar-refractivity contribution in [1.29, 1.82) is 0 Å². The summed E-state index contributed by atoms with van der Waals surface area (Å²) in [5, 5.41) is 2.38. The number of nitrogens with zero attached hydrogens (tertiary/aromatic N) is 3. The molecular formula is C25H25N3O4S. The first-order valence-electron chi connectivity index (χ1n) is 10.8. The zero-order valence-corrected chi connectivity index (χ0v) is 19.2. The number of carbonyl (C=O) groups excluding carboxylic acids is 3. The van der Waals surface area contributed by atoms with Crippen LogP contribution >= 0.6 is 11.3 Å². The van der Waals surface area contributed by atoms with E-state index < -0.39 is 12.1 Å². The molecule has 33 heavy (non-hydrogen) atoms. The van der Waals surface area contributed by atoms with Gasteiger partial charge in [0, 0.05) is 23.7 Å². The molecule has 1 atom stereocenters. The fraction of sp³-hybridized carbons (Fsp3) is 0.280. The van der Waals surface area contributed by atoms with Crippen LogP contribution in [0.1, 0.15) is 41.3 Å². The van der Waals surface area contributed by atoms with Crippen LogP contribution in [-0.2, 0) is 22.7 Å². The molecule has 2 amide bonds. The number of rotatable bonds is 7. The van der Waals surface area contributed by atoms with Crippen molar-refractivity contribution in [2.24, 2.45) is 0 Å².